The maximum Gasteiger partial charge on any atom is 0.201 e. The number of H-pyrrole nitrogens is 1. The molecule has 0 amide bonds. The molecule has 0 atom stereocenters. The van der Waals surface area contributed by atoms with Crippen LogP contribution in [0.5, 0.6) is 5.75 Å². The summed E-state index contributed by atoms with van der Waals surface area (Å²) in [5.74, 6) is 1.71. The van der Waals surface area contributed by atoms with E-state index in [-0.39, 0.29) is 0 Å². The van der Waals surface area contributed by atoms with Crippen molar-refractivity contribution in [2.45, 2.75) is 18.9 Å². The van der Waals surface area contributed by atoms with Gasteiger partial charge in [0.05, 0.1) is 18.1 Å². The minimum Gasteiger partial charge on any atom is -0.497 e. The molecule has 2 aromatic rings. The lowest BCUT2D eigenvalue weighted by Gasteiger charge is -2.29. The van der Waals surface area contributed by atoms with Crippen molar-refractivity contribution < 1.29 is 4.74 Å². The van der Waals surface area contributed by atoms with Crippen LogP contribution in [-0.4, -0.2) is 48.2 Å². The van der Waals surface area contributed by atoms with E-state index in [2.05, 4.69) is 27.2 Å². The van der Waals surface area contributed by atoms with Gasteiger partial charge in [-0.1, -0.05) is 0 Å². The number of hydrogen-bond acceptors (Lipinski definition) is 4. The van der Waals surface area contributed by atoms with Crippen LogP contribution in [-0.2, 0) is 0 Å². The van der Waals surface area contributed by atoms with Gasteiger partial charge in [0.25, 0.3) is 0 Å². The molecular formula is C14H20N4O. The highest BCUT2D eigenvalue weighted by atomic mass is 16.5. The maximum atomic E-state index is 5.22. The minimum absolute atomic E-state index is 0.513. The molecule has 1 aromatic heterocycles. The van der Waals surface area contributed by atoms with Crippen LogP contribution in [0.4, 0.5) is 5.95 Å². The number of likely N-dealkylation sites (tertiary alicyclic amines) is 1. The largest absolute Gasteiger partial charge is 0.497 e. The van der Waals surface area contributed by atoms with Crippen molar-refractivity contribution in [3.05, 3.63) is 18.2 Å². The number of aromatic nitrogens is 2. The third-order valence-electron chi connectivity index (χ3n) is 3.75. The first kappa shape index (κ1) is 12.3. The number of methoxy groups -OCH3 is 1. The van der Waals surface area contributed by atoms with E-state index in [1.165, 1.54) is 0 Å². The summed E-state index contributed by atoms with van der Waals surface area (Å²) in [6.07, 6.45) is 2.33. The zero-order valence-electron chi connectivity index (χ0n) is 11.4. The van der Waals surface area contributed by atoms with Crippen molar-refractivity contribution in [2.75, 3.05) is 32.6 Å². The number of fused-ring (bicyclic) bond motifs is 1. The van der Waals surface area contributed by atoms with Gasteiger partial charge < -0.3 is 19.9 Å². The molecule has 1 fully saturated rings. The van der Waals surface area contributed by atoms with Gasteiger partial charge in [0, 0.05) is 12.1 Å². The Morgan fingerprint density at radius 2 is 2.16 bits per heavy atom. The summed E-state index contributed by atoms with van der Waals surface area (Å²) in [7, 11) is 3.85. The van der Waals surface area contributed by atoms with Crippen LogP contribution in [0.1, 0.15) is 12.8 Å². The molecule has 0 bridgehead atoms. The van der Waals surface area contributed by atoms with Crippen LogP contribution < -0.4 is 10.1 Å². The second-order valence-corrected chi connectivity index (χ2v) is 5.19. The fourth-order valence-corrected chi connectivity index (χ4v) is 2.53. The molecule has 102 valence electrons. The van der Waals surface area contributed by atoms with Gasteiger partial charge in [-0.2, -0.15) is 0 Å². The lowest BCUT2D eigenvalue weighted by atomic mass is 10.1. The molecule has 0 saturated carbocycles. The van der Waals surface area contributed by atoms with Crippen molar-refractivity contribution in [1.29, 1.82) is 0 Å². The van der Waals surface area contributed by atoms with E-state index in [4.69, 9.17) is 4.74 Å². The molecule has 3 rings (SSSR count). The highest BCUT2D eigenvalue weighted by molar-refractivity contribution is 5.79. The molecule has 1 saturated heterocycles. The Kier molecular flexibility index (Phi) is 3.29. The molecule has 5 nitrogen and oxygen atoms in total. The molecule has 0 spiro atoms. The number of rotatable bonds is 3. The number of anilines is 1. The molecule has 1 aliphatic heterocycles. The molecule has 1 aromatic carbocycles. The first-order valence-electron chi connectivity index (χ1n) is 6.73. The summed E-state index contributed by atoms with van der Waals surface area (Å²) in [4.78, 5) is 10.2. The number of aromatic amines is 1. The smallest absolute Gasteiger partial charge is 0.201 e. The minimum atomic E-state index is 0.513. The van der Waals surface area contributed by atoms with Gasteiger partial charge in [0.1, 0.15) is 5.75 Å². The third kappa shape index (κ3) is 2.66. The van der Waals surface area contributed by atoms with Crippen LogP contribution in [0, 0.1) is 0 Å². The first-order valence-corrected chi connectivity index (χ1v) is 6.73. The van der Waals surface area contributed by atoms with Crippen molar-refractivity contribution in [3.8, 4) is 5.75 Å². The Bertz CT molecular complexity index is 558. The Balaban J connectivity index is 1.74. The highest BCUT2D eigenvalue weighted by Crippen LogP contribution is 2.21. The Hall–Kier alpha value is -1.75. The van der Waals surface area contributed by atoms with Crippen LogP contribution in [0.3, 0.4) is 0 Å². The molecule has 2 heterocycles. The van der Waals surface area contributed by atoms with Gasteiger partial charge in [-0.25, -0.2) is 4.98 Å². The summed E-state index contributed by atoms with van der Waals surface area (Å²) >= 11 is 0. The Morgan fingerprint density at radius 1 is 1.37 bits per heavy atom. The van der Waals surface area contributed by atoms with Gasteiger partial charge >= 0.3 is 0 Å². The number of ether oxygens (including phenoxy) is 1. The molecule has 0 unspecified atom stereocenters. The molecule has 19 heavy (non-hydrogen) atoms. The van der Waals surface area contributed by atoms with Crippen molar-refractivity contribution in [3.63, 3.8) is 0 Å². The topological polar surface area (TPSA) is 53.2 Å². The summed E-state index contributed by atoms with van der Waals surface area (Å²) in [5, 5.41) is 3.49. The monoisotopic (exact) mass is 260 g/mol. The summed E-state index contributed by atoms with van der Waals surface area (Å²) in [6.45, 7) is 2.29. The van der Waals surface area contributed by atoms with E-state index in [0.717, 1.165) is 48.7 Å². The number of piperidine rings is 1. The van der Waals surface area contributed by atoms with Gasteiger partial charge in [-0.05, 0) is 45.1 Å². The first-order chi connectivity index (χ1) is 9.24. The fraction of sp³-hybridized carbons (Fsp3) is 0.500. The van der Waals surface area contributed by atoms with E-state index in [1.807, 2.05) is 18.2 Å². The highest BCUT2D eigenvalue weighted by Gasteiger charge is 2.17. The Morgan fingerprint density at radius 3 is 2.89 bits per heavy atom. The van der Waals surface area contributed by atoms with Crippen LogP contribution in [0.15, 0.2) is 18.2 Å². The second-order valence-electron chi connectivity index (χ2n) is 5.19. The molecule has 1 aliphatic rings. The number of nitrogens with zero attached hydrogens (tertiary/aromatic N) is 2. The lowest BCUT2D eigenvalue weighted by Crippen LogP contribution is -2.36. The van der Waals surface area contributed by atoms with Crippen molar-refractivity contribution in [1.82, 2.24) is 14.9 Å². The van der Waals surface area contributed by atoms with E-state index in [1.54, 1.807) is 7.11 Å². The number of hydrogen-bond donors (Lipinski definition) is 2. The van der Waals surface area contributed by atoms with Crippen LogP contribution in [0.2, 0.25) is 0 Å². The predicted molar refractivity (Wildman–Crippen MR) is 76.8 cm³/mol. The molecule has 5 heteroatoms. The van der Waals surface area contributed by atoms with Gasteiger partial charge in [0.15, 0.2) is 0 Å². The number of nitrogens with one attached hydrogen (secondary N) is 2. The van der Waals surface area contributed by atoms with Gasteiger partial charge in [-0.15, -0.1) is 0 Å². The van der Waals surface area contributed by atoms with Crippen LogP contribution >= 0.6 is 0 Å². The lowest BCUT2D eigenvalue weighted by molar-refractivity contribution is 0.263. The third-order valence-corrected chi connectivity index (χ3v) is 3.75. The standard InChI is InChI=1S/C14H20N4O/c1-18-7-5-10(6-8-18)15-14-16-12-4-3-11(19-2)9-13(12)17-14/h3-4,9-10H,5-8H2,1-2H3,(H2,15,16,17). The quantitative estimate of drug-likeness (QED) is 0.887. The molecule has 0 aliphatic carbocycles. The SMILES string of the molecule is COc1ccc2nc(NC3CCN(C)CC3)[nH]c2c1. The summed E-state index contributed by atoms with van der Waals surface area (Å²) in [5.41, 5.74) is 1.98. The van der Waals surface area contributed by atoms with Crippen molar-refractivity contribution in [2.24, 2.45) is 0 Å². The fourth-order valence-electron chi connectivity index (χ4n) is 2.53. The number of imidazole rings is 1. The average molecular weight is 260 g/mol. The van der Waals surface area contributed by atoms with Gasteiger partial charge in [-0.3, -0.25) is 0 Å². The van der Waals surface area contributed by atoms with E-state index in [9.17, 15) is 0 Å². The zero-order chi connectivity index (χ0) is 13.2. The average Bonchev–Trinajstić information content (AvgIpc) is 2.82. The maximum absolute atomic E-state index is 5.22. The second kappa shape index (κ2) is 5.09. The molecule has 0 radical (unpaired) electrons. The number of benzene rings is 1. The predicted octanol–water partition coefficient (Wildman–Crippen LogP) is 2.08. The van der Waals surface area contributed by atoms with Gasteiger partial charge in [0.2, 0.25) is 5.95 Å². The zero-order valence-corrected chi connectivity index (χ0v) is 11.4. The van der Waals surface area contributed by atoms with Crippen LogP contribution in [0.25, 0.3) is 11.0 Å². The van der Waals surface area contributed by atoms with E-state index in [0.29, 0.717) is 6.04 Å². The van der Waals surface area contributed by atoms with Crippen molar-refractivity contribution >= 4 is 17.0 Å². The van der Waals surface area contributed by atoms with E-state index >= 15 is 0 Å². The molecule has 2 N–H and O–H groups in total. The normalized spacial score (nSPS) is 17.8. The molecular weight excluding hydrogens is 240 g/mol. The Labute approximate surface area is 113 Å². The van der Waals surface area contributed by atoms with E-state index < -0.39 is 0 Å². The summed E-state index contributed by atoms with van der Waals surface area (Å²) < 4.78 is 5.22. The summed E-state index contributed by atoms with van der Waals surface area (Å²) in [6, 6.07) is 6.40.